The van der Waals surface area contributed by atoms with Crippen molar-refractivity contribution < 1.29 is 15.8 Å². The maximum absolute atomic E-state index is 8.36. The Labute approximate surface area is 46.4 Å². The van der Waals surface area contributed by atoms with Crippen LogP contribution in [-0.2, 0) is 0 Å². The minimum absolute atomic E-state index is 0. The number of nitrogens with zero attached hydrogens (tertiary/aromatic N) is 1. The van der Waals surface area contributed by atoms with Crippen LogP contribution in [-0.4, -0.2) is 35.6 Å². The van der Waals surface area contributed by atoms with Crippen LogP contribution in [0.3, 0.4) is 0 Å². The van der Waals surface area contributed by atoms with Crippen LogP contribution >= 0.6 is 0 Å². The molecule has 0 heterocycles. The molecule has 6 heteroatoms. The Morgan fingerprint density at radius 2 is 1.67 bits per heavy atom. The summed E-state index contributed by atoms with van der Waals surface area (Å²) in [5.41, 5.74) is 0. The normalized spacial score (nSPS) is 4.00. The van der Waals surface area contributed by atoms with Gasteiger partial charge in [0.15, 0.2) is 0 Å². The predicted octanol–water partition coefficient (Wildman–Crippen LogP) is -1.55. The van der Waals surface area contributed by atoms with E-state index in [4.69, 9.17) is 15.3 Å². The minimum Gasteiger partial charge on any atom is -0.412 e. The van der Waals surface area contributed by atoms with Crippen molar-refractivity contribution in [3.63, 3.8) is 0 Å². The summed E-state index contributed by atoms with van der Waals surface area (Å²) in [4.78, 5) is 8.36. The molecule has 0 unspecified atom stereocenters. The molecule has 0 saturated carbocycles. The Morgan fingerprint density at radius 3 is 1.67 bits per heavy atom. The Hall–Kier alpha value is -0.204. The summed E-state index contributed by atoms with van der Waals surface area (Å²) in [6.45, 7) is 0. The summed E-state index contributed by atoms with van der Waals surface area (Å²) in [7, 11) is 0. The van der Waals surface area contributed by atoms with Crippen molar-refractivity contribution in [1.82, 2.24) is 0 Å². The molecule has 3 radical (unpaired) electrons. The zero-order valence-electron chi connectivity index (χ0n) is 2.79. The largest absolute Gasteiger partial charge is 0.412 e. The maximum atomic E-state index is 8.36. The summed E-state index contributed by atoms with van der Waals surface area (Å²) >= 11 is 0. The third-order valence-corrected chi connectivity index (χ3v) is 0. The molecule has 0 aliphatic carbocycles. The fourth-order valence-electron chi connectivity index (χ4n) is 0. The average molecular weight is 151 g/mol. The van der Waals surface area contributed by atoms with Gasteiger partial charge in [-0.2, -0.15) is 0 Å². The molecule has 0 rings (SSSR count). The van der Waals surface area contributed by atoms with Gasteiger partial charge in [-0.1, -0.05) is 0 Å². The monoisotopic (exact) mass is 150 g/mol. The molecular weight excluding hydrogens is 148 g/mol. The molecular formula is H3GaNO4. The Morgan fingerprint density at radius 1 is 1.67 bits per heavy atom. The van der Waals surface area contributed by atoms with E-state index in [1.54, 1.807) is 0 Å². The van der Waals surface area contributed by atoms with Gasteiger partial charge < -0.3 is 10.7 Å². The van der Waals surface area contributed by atoms with E-state index in [1.165, 1.54) is 0 Å². The second-order valence-corrected chi connectivity index (χ2v) is 0.238. The van der Waals surface area contributed by atoms with E-state index in [9.17, 15) is 0 Å². The van der Waals surface area contributed by atoms with Gasteiger partial charge in [0.2, 0.25) is 0 Å². The van der Waals surface area contributed by atoms with E-state index >= 15 is 0 Å². The molecule has 0 aromatic carbocycles. The van der Waals surface area contributed by atoms with Gasteiger partial charge in [0.25, 0.3) is 5.09 Å². The number of hydrogen-bond acceptors (Lipinski definition) is 2. The molecule has 6 heavy (non-hydrogen) atoms. The van der Waals surface area contributed by atoms with Crippen molar-refractivity contribution in [2.75, 3.05) is 0 Å². The minimum atomic E-state index is -1.50. The van der Waals surface area contributed by atoms with E-state index in [0.717, 1.165) is 0 Å². The third kappa shape index (κ3) is 716. The fourth-order valence-corrected chi connectivity index (χ4v) is 0. The Balaban J connectivity index is -0.0000000450. The van der Waals surface area contributed by atoms with Gasteiger partial charge >= 0.3 is 0 Å². The summed E-state index contributed by atoms with van der Waals surface area (Å²) in [5, 5.41) is 13.6. The number of rotatable bonds is 0. The molecule has 0 spiro atoms. The van der Waals surface area contributed by atoms with Crippen LogP contribution < -0.4 is 0 Å². The molecule has 0 bridgehead atoms. The van der Waals surface area contributed by atoms with Crippen LogP contribution in [0, 0.1) is 10.1 Å². The quantitative estimate of drug-likeness (QED) is 0.257. The summed E-state index contributed by atoms with van der Waals surface area (Å²) < 4.78 is 0. The zero-order valence-corrected chi connectivity index (χ0v) is 5.21. The molecule has 0 fully saturated rings. The molecule has 0 atom stereocenters. The van der Waals surface area contributed by atoms with Crippen LogP contribution in [0.2, 0.25) is 0 Å². The molecule has 0 aliphatic rings. The van der Waals surface area contributed by atoms with Crippen molar-refractivity contribution in [2.45, 2.75) is 0 Å². The second-order valence-electron chi connectivity index (χ2n) is 0.238. The van der Waals surface area contributed by atoms with Gasteiger partial charge in [0.05, 0.1) is 0 Å². The first-order chi connectivity index (χ1) is 1.73. The van der Waals surface area contributed by atoms with Crippen LogP contribution in [0.5, 0.6) is 0 Å². The van der Waals surface area contributed by atoms with Gasteiger partial charge in [-0.15, -0.1) is 10.1 Å². The van der Waals surface area contributed by atoms with Crippen LogP contribution in [0.1, 0.15) is 0 Å². The van der Waals surface area contributed by atoms with Crippen molar-refractivity contribution in [1.29, 1.82) is 0 Å². The standard InChI is InChI=1S/Ga.HNO3.H2O/c;2-1(3)4;/h;(H,2,3,4);1H2. The maximum Gasteiger partial charge on any atom is 0.291 e. The molecule has 0 amide bonds. The summed E-state index contributed by atoms with van der Waals surface area (Å²) in [6, 6.07) is 0. The Kier molecular flexibility index (Phi) is 25.1. The third-order valence-electron chi connectivity index (χ3n) is 0. The Bertz CT molecular complexity index is 30.5. The van der Waals surface area contributed by atoms with Gasteiger partial charge in [-0.25, -0.2) is 0 Å². The first-order valence-corrected chi connectivity index (χ1v) is 0.565. The predicted molar refractivity (Wildman–Crippen MR) is 18.1 cm³/mol. The van der Waals surface area contributed by atoms with Crippen molar-refractivity contribution >= 4 is 19.8 Å². The second kappa shape index (κ2) is 8.84. The van der Waals surface area contributed by atoms with Crippen LogP contribution in [0.15, 0.2) is 0 Å². The molecule has 0 aliphatic heterocycles. The van der Waals surface area contributed by atoms with E-state index in [2.05, 4.69) is 0 Å². The fraction of sp³-hybridized carbons (Fsp3) is 0. The van der Waals surface area contributed by atoms with E-state index in [0.29, 0.717) is 0 Å². The smallest absolute Gasteiger partial charge is 0.291 e. The molecule has 5 nitrogen and oxygen atoms in total. The first kappa shape index (κ1) is 17.1. The molecule has 3 N–H and O–H groups in total. The van der Waals surface area contributed by atoms with Crippen molar-refractivity contribution in [2.24, 2.45) is 0 Å². The first-order valence-electron chi connectivity index (χ1n) is 0.565. The van der Waals surface area contributed by atoms with Crippen LogP contribution in [0.25, 0.3) is 0 Å². The van der Waals surface area contributed by atoms with Crippen molar-refractivity contribution in [3.05, 3.63) is 10.1 Å². The number of hydrogen-bond donors (Lipinski definition) is 1. The van der Waals surface area contributed by atoms with Gasteiger partial charge in [-0.05, 0) is 0 Å². The average Bonchev–Trinajstić information content (AvgIpc) is 0.811. The van der Waals surface area contributed by atoms with E-state index in [-0.39, 0.29) is 25.3 Å². The van der Waals surface area contributed by atoms with E-state index < -0.39 is 5.09 Å². The molecule has 0 saturated heterocycles. The zero-order chi connectivity index (χ0) is 3.58. The summed E-state index contributed by atoms with van der Waals surface area (Å²) in [6.07, 6.45) is 0. The SMILES string of the molecule is O.O=[N+]([O-])O.[Ga]. The summed E-state index contributed by atoms with van der Waals surface area (Å²) in [5.74, 6) is 0. The topological polar surface area (TPSA) is 94.9 Å². The molecule has 35 valence electrons. The van der Waals surface area contributed by atoms with Crippen LogP contribution in [0.4, 0.5) is 0 Å². The molecule has 0 aromatic heterocycles. The van der Waals surface area contributed by atoms with Gasteiger partial charge in [0, 0.05) is 19.8 Å². The van der Waals surface area contributed by atoms with Crippen molar-refractivity contribution in [3.8, 4) is 0 Å². The van der Waals surface area contributed by atoms with E-state index in [1.807, 2.05) is 0 Å². The van der Waals surface area contributed by atoms with Gasteiger partial charge in [0.1, 0.15) is 0 Å². The van der Waals surface area contributed by atoms with Gasteiger partial charge in [-0.3, -0.25) is 0 Å². The molecule has 0 aromatic rings.